The number of carboxylic acids is 1. The Bertz CT molecular complexity index is 264. The van der Waals surface area contributed by atoms with E-state index in [9.17, 15) is 9.59 Å². The number of hydrogen-bond acceptors (Lipinski definition) is 2. The number of carbonyl (C=O) groups is 2. The quantitative estimate of drug-likeness (QED) is 0.747. The Labute approximate surface area is 96.0 Å². The van der Waals surface area contributed by atoms with Gasteiger partial charge in [-0.05, 0) is 26.2 Å². The molecule has 1 aliphatic carbocycles. The Morgan fingerprint density at radius 3 is 2.31 bits per heavy atom. The summed E-state index contributed by atoms with van der Waals surface area (Å²) in [7, 11) is 0. The minimum absolute atomic E-state index is 0.130. The summed E-state index contributed by atoms with van der Waals surface area (Å²) in [6, 6.07) is 0.213. The standard InChI is InChI=1S/C11H20N2O3/c1-3-7-13(9-5-6-9)11(16)12(4-2)8-10(14)15/h9H,3-8H2,1-2H3,(H,14,15). The van der Waals surface area contributed by atoms with Crippen LogP contribution in [0.4, 0.5) is 4.79 Å². The first-order chi connectivity index (χ1) is 7.60. The first-order valence-corrected chi connectivity index (χ1v) is 5.87. The zero-order valence-corrected chi connectivity index (χ0v) is 9.98. The number of urea groups is 1. The van der Waals surface area contributed by atoms with Crippen molar-refractivity contribution in [2.75, 3.05) is 19.6 Å². The van der Waals surface area contributed by atoms with Gasteiger partial charge in [0, 0.05) is 19.1 Å². The van der Waals surface area contributed by atoms with Gasteiger partial charge in [0.2, 0.25) is 0 Å². The van der Waals surface area contributed by atoms with Crippen molar-refractivity contribution >= 4 is 12.0 Å². The molecule has 0 atom stereocenters. The molecule has 1 aliphatic rings. The summed E-state index contributed by atoms with van der Waals surface area (Å²) in [5.41, 5.74) is 0. The second-order valence-electron chi connectivity index (χ2n) is 4.12. The summed E-state index contributed by atoms with van der Waals surface area (Å²) in [5.74, 6) is -0.956. The van der Waals surface area contributed by atoms with E-state index in [1.165, 1.54) is 4.90 Å². The van der Waals surface area contributed by atoms with Crippen LogP contribution in [0, 0.1) is 0 Å². The summed E-state index contributed by atoms with van der Waals surface area (Å²) in [6.45, 7) is 4.79. The van der Waals surface area contributed by atoms with E-state index in [4.69, 9.17) is 5.11 Å². The molecule has 0 aromatic heterocycles. The third-order valence-electron chi connectivity index (χ3n) is 2.68. The molecule has 0 saturated heterocycles. The lowest BCUT2D eigenvalue weighted by Crippen LogP contribution is -2.46. The van der Waals surface area contributed by atoms with Gasteiger partial charge in [-0.3, -0.25) is 4.79 Å². The molecular formula is C11H20N2O3. The van der Waals surface area contributed by atoms with Crippen molar-refractivity contribution in [2.45, 2.75) is 39.2 Å². The van der Waals surface area contributed by atoms with Crippen LogP contribution in [0.3, 0.4) is 0 Å². The van der Waals surface area contributed by atoms with E-state index < -0.39 is 5.97 Å². The van der Waals surface area contributed by atoms with E-state index in [-0.39, 0.29) is 12.6 Å². The molecule has 0 spiro atoms. The summed E-state index contributed by atoms with van der Waals surface area (Å²) < 4.78 is 0. The first kappa shape index (κ1) is 12.8. The van der Waals surface area contributed by atoms with Crippen LogP contribution in [0.15, 0.2) is 0 Å². The highest BCUT2D eigenvalue weighted by Crippen LogP contribution is 2.27. The molecule has 1 rings (SSSR count). The van der Waals surface area contributed by atoms with Gasteiger partial charge in [-0.2, -0.15) is 0 Å². The SMILES string of the molecule is CCCN(C(=O)N(CC)CC(=O)O)C1CC1. The highest BCUT2D eigenvalue weighted by Gasteiger charge is 2.34. The predicted molar refractivity (Wildman–Crippen MR) is 60.3 cm³/mol. The molecule has 1 N–H and O–H groups in total. The van der Waals surface area contributed by atoms with Gasteiger partial charge < -0.3 is 14.9 Å². The fourth-order valence-corrected chi connectivity index (χ4v) is 1.72. The highest BCUT2D eigenvalue weighted by molar-refractivity contribution is 5.80. The molecule has 5 heteroatoms. The van der Waals surface area contributed by atoms with Crippen molar-refractivity contribution in [2.24, 2.45) is 0 Å². The lowest BCUT2D eigenvalue weighted by atomic mass is 10.4. The number of rotatable bonds is 6. The minimum atomic E-state index is -0.956. The number of carboxylic acid groups (broad SMARTS) is 1. The Kier molecular flexibility index (Phi) is 4.58. The topological polar surface area (TPSA) is 60.9 Å². The van der Waals surface area contributed by atoms with Gasteiger partial charge in [-0.15, -0.1) is 0 Å². The number of amides is 2. The summed E-state index contributed by atoms with van der Waals surface area (Å²) in [5, 5.41) is 8.72. The predicted octanol–water partition coefficient (Wildman–Crippen LogP) is 1.39. The average Bonchev–Trinajstić information content (AvgIpc) is 3.05. The van der Waals surface area contributed by atoms with E-state index in [0.717, 1.165) is 25.8 Å². The number of carbonyl (C=O) groups excluding carboxylic acids is 1. The summed E-state index contributed by atoms with van der Waals surface area (Å²) in [6.07, 6.45) is 3.01. The number of hydrogen-bond donors (Lipinski definition) is 1. The molecule has 0 radical (unpaired) electrons. The number of likely N-dealkylation sites (N-methyl/N-ethyl adjacent to an activating group) is 1. The summed E-state index contributed by atoms with van der Waals surface area (Å²) in [4.78, 5) is 25.9. The van der Waals surface area contributed by atoms with Crippen molar-refractivity contribution in [3.8, 4) is 0 Å². The molecule has 1 fully saturated rings. The summed E-state index contributed by atoms with van der Waals surface area (Å²) >= 11 is 0. The monoisotopic (exact) mass is 228 g/mol. The van der Waals surface area contributed by atoms with Crippen molar-refractivity contribution in [3.05, 3.63) is 0 Å². The van der Waals surface area contributed by atoms with Crippen molar-refractivity contribution < 1.29 is 14.7 Å². The average molecular weight is 228 g/mol. The van der Waals surface area contributed by atoms with Crippen LogP contribution in [0.25, 0.3) is 0 Å². The van der Waals surface area contributed by atoms with E-state index in [1.54, 1.807) is 6.92 Å². The highest BCUT2D eigenvalue weighted by atomic mass is 16.4. The minimum Gasteiger partial charge on any atom is -0.480 e. The van der Waals surface area contributed by atoms with Gasteiger partial charge in [0.1, 0.15) is 6.54 Å². The Morgan fingerprint density at radius 2 is 1.94 bits per heavy atom. The van der Waals surface area contributed by atoms with Crippen LogP contribution in [0.5, 0.6) is 0 Å². The molecule has 0 heterocycles. The Balaban J connectivity index is 2.59. The smallest absolute Gasteiger partial charge is 0.323 e. The molecule has 0 aliphatic heterocycles. The van der Waals surface area contributed by atoms with E-state index in [1.807, 2.05) is 11.8 Å². The molecule has 92 valence electrons. The van der Waals surface area contributed by atoms with Crippen LogP contribution >= 0.6 is 0 Å². The Morgan fingerprint density at radius 1 is 1.31 bits per heavy atom. The van der Waals surface area contributed by atoms with Gasteiger partial charge in [-0.1, -0.05) is 6.92 Å². The molecule has 1 saturated carbocycles. The van der Waals surface area contributed by atoms with Crippen LogP contribution < -0.4 is 0 Å². The molecule has 2 amide bonds. The van der Waals surface area contributed by atoms with Crippen molar-refractivity contribution in [3.63, 3.8) is 0 Å². The second-order valence-corrected chi connectivity index (χ2v) is 4.12. The van der Waals surface area contributed by atoms with Crippen LogP contribution in [0.2, 0.25) is 0 Å². The third kappa shape index (κ3) is 3.40. The Hall–Kier alpha value is -1.26. The van der Waals surface area contributed by atoms with E-state index in [0.29, 0.717) is 12.6 Å². The van der Waals surface area contributed by atoms with Gasteiger partial charge in [0.25, 0.3) is 0 Å². The fraction of sp³-hybridized carbons (Fsp3) is 0.818. The maximum atomic E-state index is 12.1. The molecule has 16 heavy (non-hydrogen) atoms. The molecule has 0 aromatic carbocycles. The normalized spacial score (nSPS) is 14.6. The van der Waals surface area contributed by atoms with Crippen molar-refractivity contribution in [1.82, 2.24) is 9.80 Å². The second kappa shape index (κ2) is 5.72. The lowest BCUT2D eigenvalue weighted by molar-refractivity contribution is -0.137. The molecule has 0 bridgehead atoms. The number of nitrogens with zero attached hydrogens (tertiary/aromatic N) is 2. The van der Waals surface area contributed by atoms with Gasteiger partial charge >= 0.3 is 12.0 Å². The lowest BCUT2D eigenvalue weighted by Gasteiger charge is -2.28. The van der Waals surface area contributed by atoms with Gasteiger partial charge in [0.15, 0.2) is 0 Å². The zero-order chi connectivity index (χ0) is 12.1. The van der Waals surface area contributed by atoms with E-state index >= 15 is 0 Å². The molecule has 0 aromatic rings. The van der Waals surface area contributed by atoms with Crippen LogP contribution in [-0.4, -0.2) is 52.6 Å². The molecular weight excluding hydrogens is 208 g/mol. The largest absolute Gasteiger partial charge is 0.480 e. The van der Waals surface area contributed by atoms with Gasteiger partial charge in [-0.25, -0.2) is 4.79 Å². The third-order valence-corrected chi connectivity index (χ3v) is 2.68. The number of aliphatic carboxylic acids is 1. The van der Waals surface area contributed by atoms with Crippen LogP contribution in [0.1, 0.15) is 33.1 Å². The maximum Gasteiger partial charge on any atom is 0.323 e. The van der Waals surface area contributed by atoms with Crippen molar-refractivity contribution in [1.29, 1.82) is 0 Å². The van der Waals surface area contributed by atoms with Crippen LogP contribution in [-0.2, 0) is 4.79 Å². The van der Waals surface area contributed by atoms with E-state index in [2.05, 4.69) is 0 Å². The maximum absolute atomic E-state index is 12.1. The van der Waals surface area contributed by atoms with Gasteiger partial charge in [0.05, 0.1) is 0 Å². The molecule has 0 unspecified atom stereocenters. The zero-order valence-electron chi connectivity index (χ0n) is 9.98. The fourth-order valence-electron chi connectivity index (χ4n) is 1.72. The first-order valence-electron chi connectivity index (χ1n) is 5.87. The molecule has 5 nitrogen and oxygen atoms in total.